The second kappa shape index (κ2) is 42.3. The Hall–Kier alpha value is -1.13. The molecule has 2 unspecified atom stereocenters. The summed E-state index contributed by atoms with van der Waals surface area (Å²) < 4.78 is 0. The van der Waals surface area contributed by atoms with E-state index in [-0.39, 0.29) is 12.5 Å². The summed E-state index contributed by atoms with van der Waals surface area (Å²) in [5.74, 6) is -0.0705. The Labute approximate surface area is 313 Å². The minimum atomic E-state index is -0.858. The van der Waals surface area contributed by atoms with Crippen molar-refractivity contribution in [1.29, 1.82) is 0 Å². The van der Waals surface area contributed by atoms with Crippen LogP contribution in [0.2, 0.25) is 0 Å². The van der Waals surface area contributed by atoms with Gasteiger partial charge in [0.05, 0.1) is 18.8 Å². The van der Waals surface area contributed by atoms with Crippen LogP contribution in [0.1, 0.15) is 245 Å². The van der Waals surface area contributed by atoms with E-state index in [1.807, 2.05) is 6.08 Å². The summed E-state index contributed by atoms with van der Waals surface area (Å²) in [5, 5.41) is 23.0. The summed E-state index contributed by atoms with van der Waals surface area (Å²) in [6.45, 7) is 4.31. The molecule has 0 saturated heterocycles. The van der Waals surface area contributed by atoms with Crippen molar-refractivity contribution in [2.75, 3.05) is 6.61 Å². The van der Waals surface area contributed by atoms with E-state index in [0.717, 1.165) is 32.1 Å². The van der Waals surface area contributed by atoms with E-state index in [4.69, 9.17) is 0 Å². The number of carbonyl (C=O) groups is 1. The van der Waals surface area contributed by atoms with Crippen LogP contribution >= 0.6 is 0 Å². The molecular weight excluding hydrogens is 615 g/mol. The minimum Gasteiger partial charge on any atom is -0.394 e. The highest BCUT2D eigenvalue weighted by atomic mass is 16.3. The lowest BCUT2D eigenvalue weighted by Gasteiger charge is -2.19. The molecular formula is C46H89NO3. The molecule has 0 spiro atoms. The van der Waals surface area contributed by atoms with Crippen LogP contribution in [0.15, 0.2) is 24.3 Å². The number of nitrogens with one attached hydrogen (secondary N) is 1. The topological polar surface area (TPSA) is 69.6 Å². The van der Waals surface area contributed by atoms with Gasteiger partial charge in [-0.25, -0.2) is 0 Å². The fourth-order valence-electron chi connectivity index (χ4n) is 6.96. The van der Waals surface area contributed by atoms with Gasteiger partial charge in [0.25, 0.3) is 0 Å². The van der Waals surface area contributed by atoms with E-state index in [0.29, 0.717) is 6.42 Å². The molecule has 0 saturated carbocycles. The molecule has 0 aromatic rings. The maximum Gasteiger partial charge on any atom is 0.220 e. The largest absolute Gasteiger partial charge is 0.394 e. The molecule has 0 fully saturated rings. The van der Waals surface area contributed by atoms with Gasteiger partial charge in [0.15, 0.2) is 0 Å². The van der Waals surface area contributed by atoms with Crippen LogP contribution in [-0.2, 0) is 4.79 Å². The van der Waals surface area contributed by atoms with Gasteiger partial charge in [-0.1, -0.05) is 231 Å². The number of rotatable bonds is 41. The quantitative estimate of drug-likeness (QED) is 0.0438. The number of hydrogen-bond acceptors (Lipinski definition) is 3. The third-order valence-corrected chi connectivity index (χ3v) is 10.4. The fraction of sp³-hybridized carbons (Fsp3) is 0.891. The highest BCUT2D eigenvalue weighted by Gasteiger charge is 2.17. The Balaban J connectivity index is 3.57. The Kier molecular flexibility index (Phi) is 41.3. The van der Waals surface area contributed by atoms with E-state index >= 15 is 0 Å². The van der Waals surface area contributed by atoms with Crippen LogP contribution < -0.4 is 5.32 Å². The van der Waals surface area contributed by atoms with Gasteiger partial charge in [-0.05, 0) is 32.1 Å². The van der Waals surface area contributed by atoms with Crippen LogP contribution in [-0.4, -0.2) is 34.9 Å². The first-order valence-electron chi connectivity index (χ1n) is 22.6. The SMILES string of the molecule is CCCCCCCCCCCCCCCCCC/C=C/CC/C=C/C(O)C(CO)NC(=O)CCCCCCCCCCCCCCCCCC. The van der Waals surface area contributed by atoms with Crippen molar-refractivity contribution in [2.45, 2.75) is 257 Å². The van der Waals surface area contributed by atoms with E-state index in [1.165, 1.54) is 193 Å². The van der Waals surface area contributed by atoms with Gasteiger partial charge in [-0.2, -0.15) is 0 Å². The zero-order chi connectivity index (χ0) is 36.4. The van der Waals surface area contributed by atoms with Gasteiger partial charge in [0.2, 0.25) is 5.91 Å². The normalized spacial score (nSPS) is 13.1. The van der Waals surface area contributed by atoms with Crippen LogP contribution in [0, 0.1) is 0 Å². The first-order valence-corrected chi connectivity index (χ1v) is 22.6. The molecule has 0 aromatic carbocycles. The first-order chi connectivity index (χ1) is 24.7. The van der Waals surface area contributed by atoms with Crippen LogP contribution in [0.5, 0.6) is 0 Å². The molecule has 50 heavy (non-hydrogen) atoms. The van der Waals surface area contributed by atoms with Crippen molar-refractivity contribution in [3.05, 3.63) is 24.3 Å². The lowest BCUT2D eigenvalue weighted by molar-refractivity contribution is -0.123. The summed E-state index contributed by atoms with van der Waals surface area (Å²) in [7, 11) is 0. The summed E-state index contributed by atoms with van der Waals surface area (Å²) in [4.78, 5) is 12.4. The zero-order valence-electron chi connectivity index (χ0n) is 33.9. The number of carbonyl (C=O) groups excluding carboxylic acids is 1. The number of allylic oxidation sites excluding steroid dienone is 3. The van der Waals surface area contributed by atoms with Crippen molar-refractivity contribution in [2.24, 2.45) is 0 Å². The smallest absolute Gasteiger partial charge is 0.220 e. The zero-order valence-corrected chi connectivity index (χ0v) is 33.9. The predicted molar refractivity (Wildman–Crippen MR) is 221 cm³/mol. The van der Waals surface area contributed by atoms with Crippen molar-refractivity contribution < 1.29 is 15.0 Å². The minimum absolute atomic E-state index is 0.0705. The Morgan fingerprint density at radius 3 is 1.16 bits per heavy atom. The molecule has 0 aliphatic carbocycles. The van der Waals surface area contributed by atoms with Crippen molar-refractivity contribution in [3.63, 3.8) is 0 Å². The summed E-state index contributed by atoms with van der Waals surface area (Å²) in [5.41, 5.74) is 0. The predicted octanol–water partition coefficient (Wildman–Crippen LogP) is 14.0. The van der Waals surface area contributed by atoms with E-state index in [2.05, 4.69) is 31.3 Å². The first kappa shape index (κ1) is 48.9. The van der Waals surface area contributed by atoms with Gasteiger partial charge in [-0.15, -0.1) is 0 Å². The van der Waals surface area contributed by atoms with Gasteiger partial charge in [0, 0.05) is 6.42 Å². The third kappa shape index (κ3) is 38.1. The number of unbranched alkanes of at least 4 members (excludes halogenated alkanes) is 32. The molecule has 3 N–H and O–H groups in total. The van der Waals surface area contributed by atoms with Crippen LogP contribution in [0.3, 0.4) is 0 Å². The van der Waals surface area contributed by atoms with E-state index < -0.39 is 12.1 Å². The van der Waals surface area contributed by atoms with Gasteiger partial charge in [-0.3, -0.25) is 4.79 Å². The molecule has 0 heterocycles. The lowest BCUT2D eigenvalue weighted by atomic mass is 10.0. The number of hydrogen-bond donors (Lipinski definition) is 3. The van der Waals surface area contributed by atoms with Gasteiger partial charge < -0.3 is 15.5 Å². The number of aliphatic hydroxyl groups is 2. The third-order valence-electron chi connectivity index (χ3n) is 10.4. The molecule has 0 aliphatic rings. The van der Waals surface area contributed by atoms with Crippen LogP contribution in [0.4, 0.5) is 0 Å². The molecule has 2 atom stereocenters. The summed E-state index contributed by atoms with van der Waals surface area (Å²) in [6.07, 6.45) is 54.4. The molecule has 0 aromatic heterocycles. The fourth-order valence-corrected chi connectivity index (χ4v) is 6.96. The lowest BCUT2D eigenvalue weighted by Crippen LogP contribution is -2.45. The summed E-state index contributed by atoms with van der Waals surface area (Å²) in [6, 6.07) is -0.634. The van der Waals surface area contributed by atoms with E-state index in [1.54, 1.807) is 6.08 Å². The van der Waals surface area contributed by atoms with Crippen molar-refractivity contribution in [1.82, 2.24) is 5.32 Å². The van der Waals surface area contributed by atoms with Crippen LogP contribution in [0.25, 0.3) is 0 Å². The highest BCUT2D eigenvalue weighted by molar-refractivity contribution is 5.76. The van der Waals surface area contributed by atoms with E-state index in [9.17, 15) is 15.0 Å². The Morgan fingerprint density at radius 1 is 0.460 bits per heavy atom. The Morgan fingerprint density at radius 2 is 0.780 bits per heavy atom. The molecule has 0 rings (SSSR count). The second-order valence-electron chi connectivity index (χ2n) is 15.5. The standard InChI is InChI=1S/C46H89NO3/c1-3-5-7-9-11-13-15-17-19-21-22-23-24-25-26-27-29-31-33-35-37-39-41-45(49)44(43-48)47-46(50)42-40-38-36-34-32-30-28-20-18-16-14-12-10-8-6-4-2/h31,33,39,41,44-45,48-49H,3-30,32,34-38,40,42-43H2,1-2H3,(H,47,50)/b33-31+,41-39+. The molecule has 0 bridgehead atoms. The molecule has 0 aliphatic heterocycles. The maximum atomic E-state index is 12.4. The number of amides is 1. The molecule has 4 heteroatoms. The number of aliphatic hydroxyl groups excluding tert-OH is 2. The Bertz CT molecular complexity index is 720. The highest BCUT2D eigenvalue weighted by Crippen LogP contribution is 2.16. The molecule has 296 valence electrons. The average Bonchev–Trinajstić information content (AvgIpc) is 3.12. The maximum absolute atomic E-state index is 12.4. The van der Waals surface area contributed by atoms with Crippen molar-refractivity contribution >= 4 is 5.91 Å². The summed E-state index contributed by atoms with van der Waals surface area (Å²) >= 11 is 0. The molecule has 1 amide bonds. The second-order valence-corrected chi connectivity index (χ2v) is 15.5. The van der Waals surface area contributed by atoms with Gasteiger partial charge >= 0.3 is 0 Å². The molecule has 0 radical (unpaired) electrons. The monoisotopic (exact) mass is 704 g/mol. The van der Waals surface area contributed by atoms with Gasteiger partial charge in [0.1, 0.15) is 0 Å². The molecule has 4 nitrogen and oxygen atoms in total. The average molecular weight is 704 g/mol. The van der Waals surface area contributed by atoms with Crippen molar-refractivity contribution in [3.8, 4) is 0 Å².